The largest absolute Gasteiger partial charge is 0.365 e. The zero-order chi connectivity index (χ0) is 10.1. The van der Waals surface area contributed by atoms with Crippen LogP contribution >= 0.6 is 23.2 Å². The van der Waals surface area contributed by atoms with E-state index in [1.807, 2.05) is 20.8 Å². The zero-order valence-electron chi connectivity index (χ0n) is 7.86. The maximum atomic E-state index is 5.81. The Hall–Kier alpha value is -0.470. The molecular formula is C9H12Cl2N2. The zero-order valence-corrected chi connectivity index (χ0v) is 9.37. The van der Waals surface area contributed by atoms with Crippen molar-refractivity contribution in [2.24, 2.45) is 0 Å². The maximum Gasteiger partial charge on any atom is 0.132 e. The summed E-state index contributed by atoms with van der Waals surface area (Å²) in [6, 6.07) is 3.36. The molecule has 0 amide bonds. The van der Waals surface area contributed by atoms with Crippen LogP contribution in [0.1, 0.15) is 20.8 Å². The normalized spacial score (nSPS) is 11.5. The van der Waals surface area contributed by atoms with E-state index in [4.69, 9.17) is 23.2 Å². The lowest BCUT2D eigenvalue weighted by molar-refractivity contribution is 0.630. The first-order valence-electron chi connectivity index (χ1n) is 3.98. The first-order chi connectivity index (χ1) is 5.87. The van der Waals surface area contributed by atoms with Crippen molar-refractivity contribution < 1.29 is 0 Å². The Labute approximate surface area is 88.3 Å². The topological polar surface area (TPSA) is 24.9 Å². The van der Waals surface area contributed by atoms with Crippen LogP contribution in [0.3, 0.4) is 0 Å². The fourth-order valence-electron chi connectivity index (χ4n) is 0.914. The standard InChI is InChI=1S/C9H12Cl2N2/c1-9(2,3)13-8-5-6(10)4-7(11)12-8/h4-5H,1-3H3,(H,12,13). The smallest absolute Gasteiger partial charge is 0.132 e. The van der Waals surface area contributed by atoms with E-state index in [-0.39, 0.29) is 5.54 Å². The number of nitrogens with zero attached hydrogens (tertiary/aromatic N) is 1. The number of anilines is 1. The quantitative estimate of drug-likeness (QED) is 0.730. The third-order valence-electron chi connectivity index (χ3n) is 1.26. The van der Waals surface area contributed by atoms with Crippen molar-refractivity contribution in [3.63, 3.8) is 0 Å². The van der Waals surface area contributed by atoms with Crippen molar-refractivity contribution in [3.05, 3.63) is 22.3 Å². The van der Waals surface area contributed by atoms with Gasteiger partial charge in [-0.15, -0.1) is 0 Å². The van der Waals surface area contributed by atoms with Crippen molar-refractivity contribution >= 4 is 29.0 Å². The van der Waals surface area contributed by atoms with E-state index in [1.165, 1.54) is 0 Å². The van der Waals surface area contributed by atoms with Gasteiger partial charge in [-0.2, -0.15) is 0 Å². The molecule has 0 aromatic carbocycles. The van der Waals surface area contributed by atoms with Crippen LogP contribution in [0.25, 0.3) is 0 Å². The van der Waals surface area contributed by atoms with Crippen LogP contribution < -0.4 is 5.32 Å². The number of hydrogen-bond acceptors (Lipinski definition) is 2. The minimum absolute atomic E-state index is 0.0407. The molecule has 0 fully saturated rings. The van der Waals surface area contributed by atoms with Crippen LogP contribution in [0.15, 0.2) is 12.1 Å². The number of halogens is 2. The van der Waals surface area contributed by atoms with Crippen LogP contribution in [0, 0.1) is 0 Å². The van der Waals surface area contributed by atoms with E-state index in [2.05, 4.69) is 10.3 Å². The lowest BCUT2D eigenvalue weighted by Crippen LogP contribution is -2.26. The maximum absolute atomic E-state index is 5.81. The van der Waals surface area contributed by atoms with Gasteiger partial charge in [0.05, 0.1) is 0 Å². The number of pyridine rings is 1. The molecule has 0 aliphatic heterocycles. The first-order valence-corrected chi connectivity index (χ1v) is 4.74. The molecule has 0 spiro atoms. The average molecular weight is 219 g/mol. The summed E-state index contributed by atoms with van der Waals surface area (Å²) >= 11 is 11.6. The summed E-state index contributed by atoms with van der Waals surface area (Å²) < 4.78 is 0. The Bertz CT molecular complexity index is 285. The van der Waals surface area contributed by atoms with Gasteiger partial charge in [-0.25, -0.2) is 4.98 Å². The van der Waals surface area contributed by atoms with Gasteiger partial charge >= 0.3 is 0 Å². The van der Waals surface area contributed by atoms with E-state index in [1.54, 1.807) is 12.1 Å². The van der Waals surface area contributed by atoms with E-state index in [0.717, 1.165) is 0 Å². The van der Waals surface area contributed by atoms with Crippen LogP contribution in [0.5, 0.6) is 0 Å². The molecule has 1 rings (SSSR count). The van der Waals surface area contributed by atoms with Gasteiger partial charge in [0.2, 0.25) is 0 Å². The summed E-state index contributed by atoms with van der Waals surface area (Å²) in [7, 11) is 0. The average Bonchev–Trinajstić information content (AvgIpc) is 1.78. The van der Waals surface area contributed by atoms with Gasteiger partial charge < -0.3 is 5.32 Å². The Morgan fingerprint density at radius 2 is 1.85 bits per heavy atom. The third-order valence-corrected chi connectivity index (χ3v) is 1.67. The molecule has 1 heterocycles. The van der Waals surface area contributed by atoms with Gasteiger partial charge in [-0.05, 0) is 32.9 Å². The molecule has 0 aliphatic rings. The molecule has 0 saturated heterocycles. The van der Waals surface area contributed by atoms with Gasteiger partial charge in [-0.1, -0.05) is 23.2 Å². The van der Waals surface area contributed by atoms with Crippen LogP contribution in [0.4, 0.5) is 5.82 Å². The summed E-state index contributed by atoms with van der Waals surface area (Å²) in [5.74, 6) is 0.699. The van der Waals surface area contributed by atoms with Crippen molar-refractivity contribution in [1.29, 1.82) is 0 Å². The highest BCUT2D eigenvalue weighted by molar-refractivity contribution is 6.34. The van der Waals surface area contributed by atoms with Gasteiger partial charge in [0, 0.05) is 10.6 Å². The van der Waals surface area contributed by atoms with E-state index >= 15 is 0 Å². The molecule has 0 atom stereocenters. The molecule has 0 saturated carbocycles. The summed E-state index contributed by atoms with van der Waals surface area (Å²) in [6.07, 6.45) is 0. The third kappa shape index (κ3) is 3.83. The fraction of sp³-hybridized carbons (Fsp3) is 0.444. The molecule has 1 aromatic heterocycles. The van der Waals surface area contributed by atoms with Crippen LogP contribution in [-0.2, 0) is 0 Å². The summed E-state index contributed by atoms with van der Waals surface area (Å²) in [4.78, 5) is 4.09. The van der Waals surface area contributed by atoms with Gasteiger partial charge in [-0.3, -0.25) is 0 Å². The first kappa shape index (κ1) is 10.6. The van der Waals surface area contributed by atoms with Gasteiger partial charge in [0.1, 0.15) is 11.0 Å². The van der Waals surface area contributed by atoms with Crippen molar-refractivity contribution in [1.82, 2.24) is 4.98 Å². The molecule has 13 heavy (non-hydrogen) atoms. The number of aromatic nitrogens is 1. The number of rotatable bonds is 1. The fourth-order valence-corrected chi connectivity index (χ4v) is 1.39. The highest BCUT2D eigenvalue weighted by Gasteiger charge is 2.10. The molecule has 0 unspecified atom stereocenters. The second-order valence-corrected chi connectivity index (χ2v) is 4.69. The van der Waals surface area contributed by atoms with Crippen molar-refractivity contribution in [2.75, 3.05) is 5.32 Å². The molecule has 1 N–H and O–H groups in total. The van der Waals surface area contributed by atoms with E-state index in [0.29, 0.717) is 16.0 Å². The molecule has 0 aliphatic carbocycles. The summed E-state index contributed by atoms with van der Waals surface area (Å²) in [5, 5.41) is 4.17. The van der Waals surface area contributed by atoms with Crippen LogP contribution in [0.2, 0.25) is 10.2 Å². The van der Waals surface area contributed by atoms with Crippen molar-refractivity contribution in [3.8, 4) is 0 Å². The Kier molecular flexibility index (Phi) is 3.04. The van der Waals surface area contributed by atoms with Gasteiger partial charge in [0.15, 0.2) is 0 Å². The number of hydrogen-bond donors (Lipinski definition) is 1. The molecule has 1 aromatic rings. The summed E-state index contributed by atoms with van der Waals surface area (Å²) in [6.45, 7) is 6.14. The minimum Gasteiger partial charge on any atom is -0.365 e. The Morgan fingerprint density at radius 1 is 1.23 bits per heavy atom. The van der Waals surface area contributed by atoms with Crippen LogP contribution in [-0.4, -0.2) is 10.5 Å². The SMILES string of the molecule is CC(C)(C)Nc1cc(Cl)cc(Cl)n1. The highest BCUT2D eigenvalue weighted by Crippen LogP contribution is 2.20. The second-order valence-electron chi connectivity index (χ2n) is 3.87. The van der Waals surface area contributed by atoms with E-state index < -0.39 is 0 Å². The molecule has 0 bridgehead atoms. The Morgan fingerprint density at radius 3 is 2.31 bits per heavy atom. The molecule has 0 radical (unpaired) electrons. The second kappa shape index (κ2) is 3.72. The molecule has 2 nitrogen and oxygen atoms in total. The monoisotopic (exact) mass is 218 g/mol. The number of nitrogens with one attached hydrogen (secondary N) is 1. The minimum atomic E-state index is -0.0407. The van der Waals surface area contributed by atoms with E-state index in [9.17, 15) is 0 Å². The predicted molar refractivity (Wildman–Crippen MR) is 57.6 cm³/mol. The molecule has 72 valence electrons. The predicted octanol–water partition coefficient (Wildman–Crippen LogP) is 3.60. The summed E-state index contributed by atoms with van der Waals surface area (Å²) in [5.41, 5.74) is -0.0407. The molecule has 4 heteroatoms. The Balaban J connectivity index is 2.90. The highest BCUT2D eigenvalue weighted by atomic mass is 35.5. The molecular weight excluding hydrogens is 207 g/mol. The van der Waals surface area contributed by atoms with Gasteiger partial charge in [0.25, 0.3) is 0 Å². The lowest BCUT2D eigenvalue weighted by atomic mass is 10.1. The lowest BCUT2D eigenvalue weighted by Gasteiger charge is -2.21. The van der Waals surface area contributed by atoms with Crippen molar-refractivity contribution in [2.45, 2.75) is 26.3 Å².